The number of aliphatic hydroxyl groups is 1. The van der Waals surface area contributed by atoms with E-state index >= 15 is 0 Å². The summed E-state index contributed by atoms with van der Waals surface area (Å²) < 4.78 is 0. The van der Waals surface area contributed by atoms with Crippen LogP contribution < -0.4 is 0 Å². The quantitative estimate of drug-likeness (QED) is 0.838. The van der Waals surface area contributed by atoms with Crippen LogP contribution in [0.25, 0.3) is 6.08 Å². The monoisotopic (exact) mass is 217 g/mol. The molecular weight excluding hydrogens is 198 g/mol. The van der Waals surface area contributed by atoms with Crippen molar-refractivity contribution in [3.05, 3.63) is 42.0 Å². The number of piperidine rings is 1. The highest BCUT2D eigenvalue weighted by Gasteiger charge is 2.15. The maximum atomic E-state index is 9.39. The lowest BCUT2D eigenvalue weighted by molar-refractivity contribution is 0.0881. The highest BCUT2D eigenvalue weighted by atomic mass is 16.3. The third-order valence-electron chi connectivity index (χ3n) is 3.03. The molecule has 0 aromatic heterocycles. The molecule has 0 amide bonds. The minimum atomic E-state index is -0.0747. The Morgan fingerprint density at radius 1 is 1.19 bits per heavy atom. The van der Waals surface area contributed by atoms with Gasteiger partial charge in [0.2, 0.25) is 0 Å². The normalized spacial score (nSPS) is 19.3. The molecule has 0 aliphatic carbocycles. The van der Waals surface area contributed by atoms with Crippen molar-refractivity contribution in [3.8, 4) is 0 Å². The van der Waals surface area contributed by atoms with Gasteiger partial charge < -0.3 is 5.11 Å². The van der Waals surface area contributed by atoms with Crippen LogP contribution in [0.15, 0.2) is 36.4 Å². The van der Waals surface area contributed by atoms with Crippen LogP contribution in [0.3, 0.4) is 0 Å². The number of nitrogens with zero attached hydrogens (tertiary/aromatic N) is 1. The summed E-state index contributed by atoms with van der Waals surface area (Å²) >= 11 is 0. The molecule has 0 atom stereocenters. The first kappa shape index (κ1) is 11.4. The predicted octanol–water partition coefficient (Wildman–Crippen LogP) is 2.16. The molecule has 0 radical (unpaired) electrons. The second-order valence-corrected chi connectivity index (χ2v) is 4.34. The van der Waals surface area contributed by atoms with E-state index in [4.69, 9.17) is 0 Å². The van der Waals surface area contributed by atoms with E-state index in [2.05, 4.69) is 41.3 Å². The van der Waals surface area contributed by atoms with Crippen molar-refractivity contribution in [2.45, 2.75) is 18.9 Å². The third-order valence-corrected chi connectivity index (χ3v) is 3.03. The largest absolute Gasteiger partial charge is 0.393 e. The van der Waals surface area contributed by atoms with Crippen molar-refractivity contribution >= 4 is 6.08 Å². The van der Waals surface area contributed by atoms with Crippen LogP contribution in [0.4, 0.5) is 0 Å². The molecule has 1 N–H and O–H groups in total. The average Bonchev–Trinajstić information content (AvgIpc) is 2.33. The molecule has 0 bridgehead atoms. The Morgan fingerprint density at radius 3 is 2.56 bits per heavy atom. The Bertz CT molecular complexity index is 326. The minimum Gasteiger partial charge on any atom is -0.393 e. The Hall–Kier alpha value is -1.12. The van der Waals surface area contributed by atoms with E-state index in [-0.39, 0.29) is 6.10 Å². The molecule has 1 aromatic carbocycles. The Labute approximate surface area is 97.2 Å². The molecule has 1 aliphatic rings. The van der Waals surface area contributed by atoms with Gasteiger partial charge in [-0.15, -0.1) is 0 Å². The molecule has 1 aromatic rings. The Kier molecular flexibility index (Phi) is 4.14. The van der Waals surface area contributed by atoms with Gasteiger partial charge in [0.05, 0.1) is 6.10 Å². The van der Waals surface area contributed by atoms with Crippen molar-refractivity contribution in [1.29, 1.82) is 0 Å². The zero-order valence-electron chi connectivity index (χ0n) is 9.55. The highest BCUT2D eigenvalue weighted by Crippen LogP contribution is 2.09. The molecular formula is C14H19NO. The molecule has 1 fully saturated rings. The van der Waals surface area contributed by atoms with Gasteiger partial charge in [-0.3, -0.25) is 4.90 Å². The smallest absolute Gasteiger partial charge is 0.0564 e. The van der Waals surface area contributed by atoms with E-state index in [0.29, 0.717) is 0 Å². The molecule has 86 valence electrons. The van der Waals surface area contributed by atoms with Crippen molar-refractivity contribution in [2.75, 3.05) is 19.6 Å². The van der Waals surface area contributed by atoms with E-state index in [0.717, 1.165) is 32.5 Å². The SMILES string of the molecule is OC1CCN(CC=Cc2ccccc2)CC1. The number of likely N-dealkylation sites (tertiary alicyclic amines) is 1. The topological polar surface area (TPSA) is 23.5 Å². The van der Waals surface area contributed by atoms with Crippen LogP contribution >= 0.6 is 0 Å². The third kappa shape index (κ3) is 3.47. The molecule has 2 heteroatoms. The van der Waals surface area contributed by atoms with Crippen LogP contribution in [-0.2, 0) is 0 Å². The van der Waals surface area contributed by atoms with E-state index in [1.165, 1.54) is 5.56 Å². The van der Waals surface area contributed by atoms with Gasteiger partial charge in [0.15, 0.2) is 0 Å². The summed E-state index contributed by atoms with van der Waals surface area (Å²) in [7, 11) is 0. The van der Waals surface area contributed by atoms with Crippen molar-refractivity contribution < 1.29 is 5.11 Å². The van der Waals surface area contributed by atoms with Crippen molar-refractivity contribution in [3.63, 3.8) is 0 Å². The van der Waals surface area contributed by atoms with E-state index < -0.39 is 0 Å². The number of rotatable bonds is 3. The minimum absolute atomic E-state index is 0.0747. The Balaban J connectivity index is 1.77. The molecule has 0 unspecified atom stereocenters. The fraction of sp³-hybridized carbons (Fsp3) is 0.429. The van der Waals surface area contributed by atoms with E-state index in [1.54, 1.807) is 0 Å². The first-order valence-corrected chi connectivity index (χ1v) is 5.96. The summed E-state index contributed by atoms with van der Waals surface area (Å²) in [6, 6.07) is 10.4. The van der Waals surface area contributed by atoms with Crippen molar-refractivity contribution in [2.24, 2.45) is 0 Å². The first-order valence-electron chi connectivity index (χ1n) is 5.96. The molecule has 2 rings (SSSR count). The maximum Gasteiger partial charge on any atom is 0.0564 e. The summed E-state index contributed by atoms with van der Waals surface area (Å²) in [4.78, 5) is 2.38. The summed E-state index contributed by atoms with van der Waals surface area (Å²) in [6.07, 6.45) is 6.12. The van der Waals surface area contributed by atoms with Crippen molar-refractivity contribution in [1.82, 2.24) is 4.90 Å². The summed E-state index contributed by atoms with van der Waals surface area (Å²) in [5.41, 5.74) is 1.25. The molecule has 16 heavy (non-hydrogen) atoms. The van der Waals surface area contributed by atoms with E-state index in [9.17, 15) is 5.11 Å². The molecule has 1 heterocycles. The lowest BCUT2D eigenvalue weighted by atomic mass is 10.1. The van der Waals surface area contributed by atoms with Gasteiger partial charge in [-0.05, 0) is 18.4 Å². The standard InChI is InChI=1S/C14H19NO/c16-14-8-11-15(12-9-14)10-4-7-13-5-2-1-3-6-13/h1-7,14,16H,8-12H2. The summed E-state index contributed by atoms with van der Waals surface area (Å²) in [5.74, 6) is 0. The second-order valence-electron chi connectivity index (χ2n) is 4.34. The fourth-order valence-electron chi connectivity index (χ4n) is 2.00. The lowest BCUT2D eigenvalue weighted by Gasteiger charge is -2.28. The van der Waals surface area contributed by atoms with E-state index in [1.807, 2.05) is 6.07 Å². The fourth-order valence-corrected chi connectivity index (χ4v) is 2.00. The van der Waals surface area contributed by atoms with Crippen LogP contribution in [0.1, 0.15) is 18.4 Å². The molecule has 2 nitrogen and oxygen atoms in total. The van der Waals surface area contributed by atoms with Crippen LogP contribution in [0.2, 0.25) is 0 Å². The van der Waals surface area contributed by atoms with Crippen LogP contribution in [0, 0.1) is 0 Å². The summed E-state index contributed by atoms with van der Waals surface area (Å²) in [6.45, 7) is 3.02. The van der Waals surface area contributed by atoms with Gasteiger partial charge in [0.1, 0.15) is 0 Å². The van der Waals surface area contributed by atoms with Gasteiger partial charge in [0.25, 0.3) is 0 Å². The van der Waals surface area contributed by atoms with Crippen LogP contribution in [-0.4, -0.2) is 35.7 Å². The average molecular weight is 217 g/mol. The number of aliphatic hydroxyl groups excluding tert-OH is 1. The van der Waals surface area contributed by atoms with Crippen LogP contribution in [0.5, 0.6) is 0 Å². The first-order chi connectivity index (χ1) is 7.84. The number of benzene rings is 1. The van der Waals surface area contributed by atoms with Gasteiger partial charge in [-0.1, -0.05) is 42.5 Å². The Morgan fingerprint density at radius 2 is 1.88 bits per heavy atom. The van der Waals surface area contributed by atoms with Gasteiger partial charge in [-0.25, -0.2) is 0 Å². The highest BCUT2D eigenvalue weighted by molar-refractivity contribution is 5.48. The van der Waals surface area contributed by atoms with Gasteiger partial charge in [-0.2, -0.15) is 0 Å². The number of hydrogen-bond acceptors (Lipinski definition) is 2. The zero-order chi connectivity index (χ0) is 11.2. The zero-order valence-corrected chi connectivity index (χ0v) is 9.55. The molecule has 1 aliphatic heterocycles. The van der Waals surface area contributed by atoms with Gasteiger partial charge in [0, 0.05) is 19.6 Å². The number of hydrogen-bond donors (Lipinski definition) is 1. The second kappa shape index (κ2) is 5.83. The predicted molar refractivity (Wildman–Crippen MR) is 67.2 cm³/mol. The lowest BCUT2D eigenvalue weighted by Crippen LogP contribution is -2.35. The molecule has 0 spiro atoms. The molecule has 1 saturated heterocycles. The molecule has 0 saturated carbocycles. The maximum absolute atomic E-state index is 9.39. The summed E-state index contributed by atoms with van der Waals surface area (Å²) in [5, 5.41) is 9.39. The van der Waals surface area contributed by atoms with Gasteiger partial charge >= 0.3 is 0 Å².